The van der Waals surface area contributed by atoms with Gasteiger partial charge in [-0.05, 0) is 50.1 Å². The van der Waals surface area contributed by atoms with E-state index in [1.165, 1.54) is 46.8 Å². The second-order valence-electron chi connectivity index (χ2n) is 5.79. The molecule has 0 radical (unpaired) electrons. The van der Waals surface area contributed by atoms with Crippen LogP contribution in [-0.4, -0.2) is 12.6 Å². The first kappa shape index (κ1) is 19.7. The average molecular weight is 375 g/mol. The number of hydrogen-bond donors (Lipinski definition) is 0. The number of carbonyl (C=O) groups excluding carboxylic acids is 1. The topological polar surface area (TPSA) is 26.3 Å². The van der Waals surface area contributed by atoms with Crippen LogP contribution in [-0.2, 0) is 11.2 Å². The minimum absolute atomic E-state index is 0.252. The van der Waals surface area contributed by atoms with Gasteiger partial charge >= 0.3 is 5.97 Å². The Morgan fingerprint density at radius 2 is 1.84 bits per heavy atom. The maximum atomic E-state index is 12.1. The van der Waals surface area contributed by atoms with Gasteiger partial charge in [-0.1, -0.05) is 44.4 Å². The number of hydrogen-bond acceptors (Lipinski definition) is 4. The van der Waals surface area contributed by atoms with Crippen molar-refractivity contribution in [2.75, 3.05) is 6.61 Å². The molecule has 0 atom stereocenters. The van der Waals surface area contributed by atoms with E-state index >= 15 is 0 Å². The lowest BCUT2D eigenvalue weighted by Crippen LogP contribution is -2.02. The number of allylic oxidation sites excluding steroid dienone is 3. The number of aryl methyl sites for hydroxylation is 1. The molecule has 2 rings (SSSR count). The lowest BCUT2D eigenvalue weighted by Gasteiger charge is -1.98. The highest BCUT2D eigenvalue weighted by Gasteiger charge is 2.12. The Morgan fingerprint density at radius 3 is 2.64 bits per heavy atom. The molecule has 0 aliphatic heterocycles. The first-order chi connectivity index (χ1) is 12.2. The number of ether oxygens (including phenoxy) is 1. The van der Waals surface area contributed by atoms with Gasteiger partial charge in [-0.25, -0.2) is 4.79 Å². The zero-order valence-corrected chi connectivity index (χ0v) is 16.6. The largest absolute Gasteiger partial charge is 0.457 e. The van der Waals surface area contributed by atoms with E-state index in [1.54, 1.807) is 0 Å². The molecule has 0 aliphatic rings. The van der Waals surface area contributed by atoms with Crippen molar-refractivity contribution < 1.29 is 9.53 Å². The van der Waals surface area contributed by atoms with E-state index in [4.69, 9.17) is 4.74 Å². The van der Waals surface area contributed by atoms with Gasteiger partial charge in [0.25, 0.3) is 0 Å². The number of unbranched alkanes of at least 4 members (excludes halogenated alkanes) is 3. The van der Waals surface area contributed by atoms with Gasteiger partial charge in [0.2, 0.25) is 0 Å². The summed E-state index contributed by atoms with van der Waals surface area (Å²) in [6, 6.07) is 8.26. The standard InChI is InChI=1S/C21H26O2S2/c1-3-5-7-9-11-17-12-13-18(24-17)19-14-15-20(25-19)21(22)23-16-10-8-6-4-2/h4,6,8,10,12-15H,3,5,7,9,11,16H2,1-2H3. The molecular formula is C21H26O2S2. The Bertz CT molecular complexity index is 707. The van der Waals surface area contributed by atoms with Crippen molar-refractivity contribution in [3.8, 4) is 9.75 Å². The highest BCUT2D eigenvalue weighted by atomic mass is 32.1. The van der Waals surface area contributed by atoms with Gasteiger partial charge in [0.05, 0.1) is 0 Å². The maximum absolute atomic E-state index is 12.1. The number of carbonyl (C=O) groups is 1. The van der Waals surface area contributed by atoms with E-state index in [0.29, 0.717) is 11.5 Å². The summed E-state index contributed by atoms with van der Waals surface area (Å²) in [5, 5.41) is 0. The molecule has 2 heterocycles. The lowest BCUT2D eigenvalue weighted by molar-refractivity contribution is 0.0555. The lowest BCUT2D eigenvalue weighted by atomic mass is 10.1. The first-order valence-corrected chi connectivity index (χ1v) is 10.5. The van der Waals surface area contributed by atoms with E-state index in [9.17, 15) is 4.79 Å². The summed E-state index contributed by atoms with van der Waals surface area (Å²) in [6.45, 7) is 4.49. The van der Waals surface area contributed by atoms with Gasteiger partial charge in [0.1, 0.15) is 11.5 Å². The van der Waals surface area contributed by atoms with Crippen molar-refractivity contribution >= 4 is 28.6 Å². The fourth-order valence-electron chi connectivity index (χ4n) is 2.39. The molecule has 0 fully saturated rings. The Hall–Kier alpha value is -1.65. The molecule has 0 saturated heterocycles. The molecule has 2 aromatic heterocycles. The van der Waals surface area contributed by atoms with Crippen LogP contribution in [0, 0.1) is 0 Å². The van der Waals surface area contributed by atoms with Crippen LogP contribution in [0.1, 0.15) is 54.1 Å². The van der Waals surface area contributed by atoms with Crippen LogP contribution in [0.2, 0.25) is 0 Å². The van der Waals surface area contributed by atoms with E-state index in [-0.39, 0.29) is 5.97 Å². The second kappa shape index (κ2) is 11.1. The predicted octanol–water partition coefficient (Wildman–Crippen LogP) is 6.89. The van der Waals surface area contributed by atoms with Gasteiger partial charge in [0.15, 0.2) is 0 Å². The molecule has 0 amide bonds. The van der Waals surface area contributed by atoms with Crippen LogP contribution in [0.15, 0.2) is 48.6 Å². The summed E-state index contributed by atoms with van der Waals surface area (Å²) in [4.78, 5) is 16.5. The molecule has 0 aliphatic carbocycles. The number of thiophene rings is 2. The minimum atomic E-state index is -0.252. The normalized spacial score (nSPS) is 11.6. The van der Waals surface area contributed by atoms with Gasteiger partial charge in [0, 0.05) is 14.6 Å². The number of esters is 1. The summed E-state index contributed by atoms with van der Waals surface area (Å²) >= 11 is 3.34. The van der Waals surface area contributed by atoms with Crippen LogP contribution in [0.3, 0.4) is 0 Å². The van der Waals surface area contributed by atoms with Crippen molar-refractivity contribution in [1.29, 1.82) is 0 Å². The summed E-state index contributed by atoms with van der Waals surface area (Å²) < 4.78 is 5.26. The zero-order chi connectivity index (χ0) is 17.9. The predicted molar refractivity (Wildman–Crippen MR) is 110 cm³/mol. The van der Waals surface area contributed by atoms with Crippen molar-refractivity contribution in [3.05, 3.63) is 58.3 Å². The van der Waals surface area contributed by atoms with Crippen LogP contribution in [0.25, 0.3) is 9.75 Å². The van der Waals surface area contributed by atoms with E-state index in [2.05, 4.69) is 19.1 Å². The Labute approximate surface area is 158 Å². The molecule has 0 spiro atoms. The molecule has 0 aromatic carbocycles. The molecule has 0 bridgehead atoms. The summed E-state index contributed by atoms with van der Waals surface area (Å²) in [5.41, 5.74) is 0. The van der Waals surface area contributed by atoms with Crippen molar-refractivity contribution in [3.63, 3.8) is 0 Å². The number of rotatable bonds is 10. The third-order valence-corrected chi connectivity index (χ3v) is 6.14. The van der Waals surface area contributed by atoms with Gasteiger partial charge in [-0.3, -0.25) is 0 Å². The molecule has 0 saturated carbocycles. The average Bonchev–Trinajstić information content (AvgIpc) is 3.27. The van der Waals surface area contributed by atoms with E-state index in [0.717, 1.165) is 11.3 Å². The smallest absolute Gasteiger partial charge is 0.348 e. The van der Waals surface area contributed by atoms with Crippen LogP contribution in [0.5, 0.6) is 0 Å². The molecular weight excluding hydrogens is 348 g/mol. The quantitative estimate of drug-likeness (QED) is 0.257. The van der Waals surface area contributed by atoms with E-state index < -0.39 is 0 Å². The molecule has 0 N–H and O–H groups in total. The van der Waals surface area contributed by atoms with Crippen molar-refractivity contribution in [2.24, 2.45) is 0 Å². The fourth-order valence-corrected chi connectivity index (χ4v) is 4.43. The molecule has 134 valence electrons. The van der Waals surface area contributed by atoms with Crippen LogP contribution in [0.4, 0.5) is 0 Å². The van der Waals surface area contributed by atoms with Gasteiger partial charge in [-0.2, -0.15) is 0 Å². The molecule has 25 heavy (non-hydrogen) atoms. The second-order valence-corrected chi connectivity index (χ2v) is 8.05. The zero-order valence-electron chi connectivity index (χ0n) is 15.0. The SMILES string of the molecule is CC=CC=CCOC(=O)c1ccc(-c2ccc(CCCCCC)s2)s1. The molecule has 2 aromatic rings. The Morgan fingerprint density at radius 1 is 1.04 bits per heavy atom. The fraction of sp³-hybridized carbons (Fsp3) is 0.381. The molecule has 0 unspecified atom stereocenters. The molecule has 2 nitrogen and oxygen atoms in total. The maximum Gasteiger partial charge on any atom is 0.348 e. The highest BCUT2D eigenvalue weighted by Crippen LogP contribution is 2.34. The summed E-state index contributed by atoms with van der Waals surface area (Å²) in [6.07, 6.45) is 13.9. The summed E-state index contributed by atoms with van der Waals surface area (Å²) in [5.74, 6) is -0.252. The Balaban J connectivity index is 1.88. The van der Waals surface area contributed by atoms with Crippen LogP contribution >= 0.6 is 22.7 Å². The minimum Gasteiger partial charge on any atom is -0.457 e. The van der Waals surface area contributed by atoms with Crippen molar-refractivity contribution in [2.45, 2.75) is 46.0 Å². The molecule has 4 heteroatoms. The highest BCUT2D eigenvalue weighted by molar-refractivity contribution is 7.23. The monoisotopic (exact) mass is 374 g/mol. The summed E-state index contributed by atoms with van der Waals surface area (Å²) in [7, 11) is 0. The van der Waals surface area contributed by atoms with E-state index in [1.807, 2.05) is 54.7 Å². The Kier molecular flexibility index (Phi) is 8.70. The first-order valence-electron chi connectivity index (χ1n) is 8.88. The van der Waals surface area contributed by atoms with Crippen molar-refractivity contribution in [1.82, 2.24) is 0 Å². The third kappa shape index (κ3) is 6.63. The third-order valence-electron chi connectivity index (χ3n) is 3.74. The van der Waals surface area contributed by atoms with Crippen LogP contribution < -0.4 is 0 Å². The van der Waals surface area contributed by atoms with Gasteiger partial charge in [-0.15, -0.1) is 22.7 Å². The van der Waals surface area contributed by atoms with Gasteiger partial charge < -0.3 is 4.74 Å².